The minimum atomic E-state index is -5.08. The summed E-state index contributed by atoms with van der Waals surface area (Å²) in [7, 11) is -4.72. The highest BCUT2D eigenvalue weighted by molar-refractivity contribution is 7.92. The van der Waals surface area contributed by atoms with E-state index in [4.69, 9.17) is 9.90 Å². The molecule has 0 saturated carbocycles. The first-order valence-corrected chi connectivity index (χ1v) is 16.4. The summed E-state index contributed by atoms with van der Waals surface area (Å²) < 4.78 is 73.5. The van der Waals surface area contributed by atoms with Gasteiger partial charge >= 0.3 is 12.1 Å². The zero-order valence-electron chi connectivity index (χ0n) is 24.2. The van der Waals surface area contributed by atoms with Crippen molar-refractivity contribution in [3.63, 3.8) is 0 Å². The first-order valence-electron chi connectivity index (χ1n) is 13.3. The molecule has 44 heavy (non-hydrogen) atoms. The minimum absolute atomic E-state index is 0.181. The maximum atomic E-state index is 12.6. The second kappa shape index (κ2) is 14.4. The molecule has 9 nitrogen and oxygen atoms in total. The molecule has 4 aromatic rings. The van der Waals surface area contributed by atoms with E-state index in [-0.39, 0.29) is 10.4 Å². The van der Waals surface area contributed by atoms with Crippen molar-refractivity contribution in [3.8, 4) is 0 Å². The summed E-state index contributed by atoms with van der Waals surface area (Å²) in [5.74, 6) is -2.76. The first kappa shape index (κ1) is 34.8. The van der Waals surface area contributed by atoms with Gasteiger partial charge in [0.25, 0.3) is 10.0 Å². The highest BCUT2D eigenvalue weighted by atomic mass is 32.2. The number of aromatic nitrogens is 1. The number of alkyl halides is 3. The molecule has 1 heterocycles. The Bertz CT molecular complexity index is 1710. The number of fused-ring (bicyclic) bond motifs is 1. The molecule has 0 aliphatic carbocycles. The summed E-state index contributed by atoms with van der Waals surface area (Å²) in [6.07, 6.45) is -1.34. The Kier molecular flexibility index (Phi) is 11.4. The lowest BCUT2D eigenvalue weighted by Crippen LogP contribution is -2.42. The van der Waals surface area contributed by atoms with Gasteiger partial charge in [0.2, 0.25) is 0 Å². The number of β-amino-alcohol motifs (C(OH)–C–C–N with tert-alkyl or cyclic N) is 1. The summed E-state index contributed by atoms with van der Waals surface area (Å²) in [6, 6.07) is 22.9. The predicted octanol–water partition coefficient (Wildman–Crippen LogP) is 5.30. The number of carboxylic acid groups (broad SMARTS) is 1. The lowest BCUT2D eigenvalue weighted by Gasteiger charge is -2.28. The number of nitrogens with one attached hydrogen (secondary N) is 2. The normalized spacial score (nSPS) is 13.5. The molecule has 4 N–H and O–H groups in total. The molecular weight excluding hydrogens is 619 g/mol. The average molecular weight is 654 g/mol. The molecule has 0 aliphatic heterocycles. The predicted molar refractivity (Wildman–Crippen MR) is 163 cm³/mol. The average Bonchev–Trinajstić information content (AvgIpc) is 3.37. The number of aliphatic carboxylic acids is 1. The molecule has 2 atom stereocenters. The van der Waals surface area contributed by atoms with Gasteiger partial charge in [0, 0.05) is 63.4 Å². The number of rotatable bonds is 11. The van der Waals surface area contributed by atoms with Gasteiger partial charge in [0.15, 0.2) is 0 Å². The van der Waals surface area contributed by atoms with Crippen LogP contribution in [0.25, 0.3) is 10.9 Å². The molecule has 0 amide bonds. The van der Waals surface area contributed by atoms with Gasteiger partial charge in [-0.2, -0.15) is 13.2 Å². The molecule has 0 radical (unpaired) electrons. The van der Waals surface area contributed by atoms with E-state index in [0.717, 1.165) is 28.8 Å². The number of carboxylic acids is 1. The Morgan fingerprint density at radius 2 is 1.66 bits per heavy atom. The molecule has 0 saturated heterocycles. The number of aliphatic hydroxyl groups is 1. The second-order valence-electron chi connectivity index (χ2n) is 10.6. The number of carbonyl (C=O) groups is 1. The molecule has 238 valence electrons. The number of aryl methyl sites for hydroxylation is 1. The van der Waals surface area contributed by atoms with Crippen molar-refractivity contribution in [1.82, 2.24) is 9.88 Å². The minimum Gasteiger partial charge on any atom is -0.475 e. The lowest BCUT2D eigenvalue weighted by atomic mass is 9.99. The fourth-order valence-electron chi connectivity index (χ4n) is 4.15. The summed E-state index contributed by atoms with van der Waals surface area (Å²) in [5.41, 5.74) is 1.86. The SMILES string of the molecule is C[S@@](=O)c1ccc2c(ccn2CCC(C)(C)NCC(O)c2cccc(NS(=O)(=O)c3ccccc3)c2)c1.O=C(O)C(F)(F)F. The molecule has 0 fully saturated rings. The van der Waals surface area contributed by atoms with Crippen molar-refractivity contribution in [1.29, 1.82) is 0 Å². The first-order chi connectivity index (χ1) is 20.5. The van der Waals surface area contributed by atoms with Crippen molar-refractivity contribution in [3.05, 3.63) is 90.6 Å². The lowest BCUT2D eigenvalue weighted by molar-refractivity contribution is -0.192. The highest BCUT2D eigenvalue weighted by Gasteiger charge is 2.38. The van der Waals surface area contributed by atoms with E-state index in [2.05, 4.69) is 28.5 Å². The van der Waals surface area contributed by atoms with Crippen LogP contribution in [0.3, 0.4) is 0 Å². The van der Waals surface area contributed by atoms with E-state index < -0.39 is 39.1 Å². The van der Waals surface area contributed by atoms with Crippen LogP contribution in [-0.4, -0.2) is 57.9 Å². The van der Waals surface area contributed by atoms with Gasteiger partial charge in [0.1, 0.15) is 0 Å². The standard InChI is InChI=1S/C28H33N3O4S2.C2HF3O2/c1-28(2,15-17-31-16-14-21-19-24(36(3)33)12-13-26(21)31)29-20-27(32)22-8-7-9-23(18-22)30-37(34,35)25-10-5-4-6-11-25;3-2(4,5)1(6)7/h4-14,16,18-19,27,29-30,32H,15,17,20H2,1-3H3;(H,6,7)/t27?,36-;/m1./s1. The van der Waals surface area contributed by atoms with Crippen molar-refractivity contribution >= 4 is 43.4 Å². The van der Waals surface area contributed by atoms with Crippen LogP contribution in [0.2, 0.25) is 0 Å². The van der Waals surface area contributed by atoms with Crippen LogP contribution in [0, 0.1) is 0 Å². The topological polar surface area (TPSA) is 138 Å². The van der Waals surface area contributed by atoms with Gasteiger partial charge in [-0.15, -0.1) is 0 Å². The third kappa shape index (κ3) is 9.91. The van der Waals surface area contributed by atoms with Crippen LogP contribution in [0.15, 0.2) is 94.9 Å². The number of aliphatic hydroxyl groups excluding tert-OH is 1. The van der Waals surface area contributed by atoms with Gasteiger partial charge in [-0.25, -0.2) is 13.2 Å². The third-order valence-electron chi connectivity index (χ3n) is 6.65. The maximum absolute atomic E-state index is 12.6. The summed E-state index contributed by atoms with van der Waals surface area (Å²) in [5, 5.41) is 22.5. The molecule has 0 aliphatic rings. The number of nitrogens with zero attached hydrogens (tertiary/aromatic N) is 1. The molecular formula is C30H34F3N3O6S2. The molecule has 0 spiro atoms. The Morgan fingerprint density at radius 1 is 1.00 bits per heavy atom. The molecule has 4 rings (SSSR count). The Morgan fingerprint density at radius 3 is 2.27 bits per heavy atom. The van der Waals surface area contributed by atoms with Crippen LogP contribution in [0.5, 0.6) is 0 Å². The van der Waals surface area contributed by atoms with Crippen molar-refractivity contribution in [2.24, 2.45) is 0 Å². The van der Waals surface area contributed by atoms with Crippen molar-refractivity contribution in [2.45, 2.75) is 54.4 Å². The zero-order chi connectivity index (χ0) is 32.7. The fraction of sp³-hybridized carbons (Fsp3) is 0.300. The van der Waals surface area contributed by atoms with Crippen LogP contribution in [0.4, 0.5) is 18.9 Å². The van der Waals surface area contributed by atoms with Crippen molar-refractivity contribution in [2.75, 3.05) is 17.5 Å². The highest BCUT2D eigenvalue weighted by Crippen LogP contribution is 2.23. The monoisotopic (exact) mass is 653 g/mol. The Balaban J connectivity index is 0.000000676. The van der Waals surface area contributed by atoms with Crippen LogP contribution in [0.1, 0.15) is 31.9 Å². The number of hydrogen-bond donors (Lipinski definition) is 4. The van der Waals surface area contributed by atoms with Gasteiger partial charge < -0.3 is 20.1 Å². The van der Waals surface area contributed by atoms with E-state index in [0.29, 0.717) is 17.8 Å². The molecule has 1 aromatic heterocycles. The fourth-order valence-corrected chi connectivity index (χ4v) is 5.78. The summed E-state index contributed by atoms with van der Waals surface area (Å²) >= 11 is 0. The van der Waals surface area contributed by atoms with E-state index in [1.165, 1.54) is 12.1 Å². The van der Waals surface area contributed by atoms with Gasteiger partial charge in [0.05, 0.1) is 11.0 Å². The number of anilines is 1. The molecule has 1 unspecified atom stereocenters. The Labute approximate surface area is 256 Å². The van der Waals surface area contributed by atoms with Gasteiger partial charge in [-0.1, -0.05) is 30.3 Å². The Hall–Kier alpha value is -3.72. The number of halogens is 3. The molecule has 14 heteroatoms. The van der Waals surface area contributed by atoms with Crippen LogP contribution >= 0.6 is 0 Å². The molecule has 0 bridgehead atoms. The van der Waals surface area contributed by atoms with E-state index in [1.807, 2.05) is 30.5 Å². The van der Waals surface area contributed by atoms with E-state index in [9.17, 15) is 30.9 Å². The smallest absolute Gasteiger partial charge is 0.475 e. The van der Waals surface area contributed by atoms with Crippen molar-refractivity contribution < 1.29 is 40.8 Å². The zero-order valence-corrected chi connectivity index (χ0v) is 25.8. The van der Waals surface area contributed by atoms with E-state index in [1.54, 1.807) is 48.7 Å². The number of benzene rings is 3. The summed E-state index contributed by atoms with van der Waals surface area (Å²) in [4.78, 5) is 9.89. The van der Waals surface area contributed by atoms with Crippen LogP contribution < -0.4 is 10.0 Å². The number of sulfonamides is 1. The quantitative estimate of drug-likeness (QED) is 0.172. The van der Waals surface area contributed by atoms with E-state index >= 15 is 0 Å². The third-order valence-corrected chi connectivity index (χ3v) is 8.96. The molecule has 3 aromatic carbocycles. The summed E-state index contributed by atoms with van der Waals surface area (Å²) in [6.45, 7) is 5.28. The van der Waals surface area contributed by atoms with Gasteiger partial charge in [-0.05, 0) is 74.4 Å². The second-order valence-corrected chi connectivity index (χ2v) is 13.6. The van der Waals surface area contributed by atoms with Crippen LogP contribution in [-0.2, 0) is 32.2 Å². The van der Waals surface area contributed by atoms with Gasteiger partial charge in [-0.3, -0.25) is 8.93 Å². The maximum Gasteiger partial charge on any atom is 0.490 e. The number of hydrogen-bond acceptors (Lipinski definition) is 6. The largest absolute Gasteiger partial charge is 0.490 e.